The lowest BCUT2D eigenvalue weighted by Gasteiger charge is -2.23. The molecule has 0 saturated heterocycles. The zero-order valence-corrected chi connectivity index (χ0v) is 17.0. The quantitative estimate of drug-likeness (QED) is 0.108. The summed E-state index contributed by atoms with van der Waals surface area (Å²) in [6.45, 7) is -0.325. The van der Waals surface area contributed by atoms with Crippen molar-refractivity contribution in [3.63, 3.8) is 0 Å². The Kier molecular flexibility index (Phi) is 13.1. The van der Waals surface area contributed by atoms with Gasteiger partial charge in [0.15, 0.2) is 0 Å². The fourth-order valence-electron chi connectivity index (χ4n) is 2.42. The minimum absolute atomic E-state index is 0.129. The van der Waals surface area contributed by atoms with Crippen LogP contribution in [0.5, 0.6) is 0 Å². The van der Waals surface area contributed by atoms with Crippen LogP contribution in [0.4, 0.5) is 0 Å². The van der Waals surface area contributed by atoms with Crippen LogP contribution in [0.25, 0.3) is 0 Å². The molecule has 0 aromatic carbocycles. The molecular formula is C17H30N6O8. The predicted molar refractivity (Wildman–Crippen MR) is 106 cm³/mol. The fourth-order valence-corrected chi connectivity index (χ4v) is 2.42. The average molecular weight is 446 g/mol. The molecule has 0 bridgehead atoms. The molecule has 0 saturated carbocycles. The summed E-state index contributed by atoms with van der Waals surface area (Å²) < 4.78 is 0. The van der Waals surface area contributed by atoms with Crippen LogP contribution in [0.3, 0.4) is 0 Å². The third-order valence-corrected chi connectivity index (χ3v) is 4.04. The highest BCUT2D eigenvalue weighted by atomic mass is 16.4. The lowest BCUT2D eigenvalue weighted by Crippen LogP contribution is -2.56. The number of nitrogens with one attached hydrogen (secondary N) is 3. The topological polar surface area (TPSA) is 257 Å². The van der Waals surface area contributed by atoms with Gasteiger partial charge in [0.1, 0.15) is 18.6 Å². The third-order valence-electron chi connectivity index (χ3n) is 4.04. The van der Waals surface area contributed by atoms with Gasteiger partial charge in [-0.1, -0.05) is 0 Å². The molecule has 11 N–H and O–H groups in total. The van der Waals surface area contributed by atoms with Crippen LogP contribution in [0, 0.1) is 0 Å². The van der Waals surface area contributed by atoms with Gasteiger partial charge in [0.25, 0.3) is 0 Å². The number of hydrogen-bond donors (Lipinski definition) is 8. The van der Waals surface area contributed by atoms with Crippen LogP contribution in [-0.4, -0.2) is 77.0 Å². The zero-order valence-electron chi connectivity index (χ0n) is 17.0. The van der Waals surface area contributed by atoms with Gasteiger partial charge < -0.3 is 43.4 Å². The number of carbonyl (C=O) groups is 6. The van der Waals surface area contributed by atoms with E-state index < -0.39 is 66.7 Å². The van der Waals surface area contributed by atoms with Crippen molar-refractivity contribution in [3.05, 3.63) is 0 Å². The number of aliphatic carboxylic acids is 2. The smallest absolute Gasteiger partial charge is 0.322 e. The van der Waals surface area contributed by atoms with Gasteiger partial charge in [-0.2, -0.15) is 0 Å². The van der Waals surface area contributed by atoms with Crippen molar-refractivity contribution in [2.45, 2.75) is 56.7 Å². The van der Waals surface area contributed by atoms with Gasteiger partial charge in [-0.3, -0.25) is 28.8 Å². The third kappa shape index (κ3) is 12.8. The van der Waals surface area contributed by atoms with E-state index in [1.165, 1.54) is 0 Å². The van der Waals surface area contributed by atoms with Crippen molar-refractivity contribution >= 4 is 35.6 Å². The number of unbranched alkanes of at least 4 members (excludes halogenated alkanes) is 1. The van der Waals surface area contributed by atoms with E-state index in [-0.39, 0.29) is 19.3 Å². The summed E-state index contributed by atoms with van der Waals surface area (Å²) in [6.07, 6.45) is -0.0772. The van der Waals surface area contributed by atoms with Gasteiger partial charge >= 0.3 is 11.9 Å². The van der Waals surface area contributed by atoms with E-state index in [1.54, 1.807) is 0 Å². The van der Waals surface area contributed by atoms with Crippen LogP contribution in [0.15, 0.2) is 0 Å². The molecule has 0 radical (unpaired) electrons. The summed E-state index contributed by atoms with van der Waals surface area (Å²) in [5.74, 6) is -5.93. The van der Waals surface area contributed by atoms with Crippen molar-refractivity contribution in [1.29, 1.82) is 0 Å². The highest BCUT2D eigenvalue weighted by molar-refractivity contribution is 5.95. The molecule has 0 aliphatic carbocycles. The first-order chi connectivity index (χ1) is 14.5. The minimum atomic E-state index is -1.47. The summed E-state index contributed by atoms with van der Waals surface area (Å²) in [5.41, 5.74) is 16.1. The summed E-state index contributed by atoms with van der Waals surface area (Å²) in [6, 6.07) is -3.87. The van der Waals surface area contributed by atoms with Crippen LogP contribution in [-0.2, 0) is 28.8 Å². The molecule has 176 valence electrons. The van der Waals surface area contributed by atoms with Gasteiger partial charge in [-0.05, 0) is 32.2 Å². The summed E-state index contributed by atoms with van der Waals surface area (Å²) in [5, 5.41) is 24.1. The van der Waals surface area contributed by atoms with Gasteiger partial charge in [-0.15, -0.1) is 0 Å². The van der Waals surface area contributed by atoms with E-state index in [0.717, 1.165) is 0 Å². The standard InChI is InChI=1S/C17H30N6O8/c18-6-2-1-3-10(16(30)21-8-14(27)28)22-17(31)11(7-12(20)24)23-15(29)9(19)4-5-13(25)26/h9-11H,1-8,18-19H2,(H2,20,24)(H,21,30)(H,22,31)(H,23,29)(H,25,26)(H,27,28). The first kappa shape index (κ1) is 27.7. The van der Waals surface area contributed by atoms with E-state index in [4.69, 9.17) is 27.4 Å². The molecule has 0 aliphatic rings. The number of primary amides is 1. The number of amides is 4. The maximum atomic E-state index is 12.6. The van der Waals surface area contributed by atoms with Crippen molar-refractivity contribution < 1.29 is 39.0 Å². The highest BCUT2D eigenvalue weighted by Crippen LogP contribution is 2.04. The number of nitrogens with two attached hydrogens (primary N) is 3. The van der Waals surface area contributed by atoms with E-state index in [0.29, 0.717) is 19.4 Å². The van der Waals surface area contributed by atoms with Gasteiger partial charge in [0.2, 0.25) is 23.6 Å². The van der Waals surface area contributed by atoms with E-state index >= 15 is 0 Å². The number of hydrogen-bond acceptors (Lipinski definition) is 8. The number of rotatable bonds is 16. The van der Waals surface area contributed by atoms with Crippen molar-refractivity contribution in [2.24, 2.45) is 17.2 Å². The molecule has 0 rings (SSSR count). The Labute approximate surface area is 178 Å². The first-order valence-electron chi connectivity index (χ1n) is 9.53. The Balaban J connectivity index is 5.22. The van der Waals surface area contributed by atoms with Crippen molar-refractivity contribution in [3.8, 4) is 0 Å². The molecule has 0 aromatic rings. The van der Waals surface area contributed by atoms with Gasteiger partial charge in [-0.25, -0.2) is 0 Å². The van der Waals surface area contributed by atoms with Crippen LogP contribution in [0.1, 0.15) is 38.5 Å². The van der Waals surface area contributed by atoms with Crippen molar-refractivity contribution in [2.75, 3.05) is 13.1 Å². The van der Waals surface area contributed by atoms with Crippen LogP contribution in [0.2, 0.25) is 0 Å². The Morgan fingerprint density at radius 2 is 1.42 bits per heavy atom. The fraction of sp³-hybridized carbons (Fsp3) is 0.647. The van der Waals surface area contributed by atoms with E-state index in [9.17, 15) is 28.8 Å². The summed E-state index contributed by atoms with van der Waals surface area (Å²) in [7, 11) is 0. The predicted octanol–water partition coefficient (Wildman–Crippen LogP) is -3.65. The molecule has 0 aliphatic heterocycles. The molecular weight excluding hydrogens is 416 g/mol. The lowest BCUT2D eigenvalue weighted by molar-refractivity contribution is -0.139. The van der Waals surface area contributed by atoms with E-state index in [2.05, 4.69) is 16.0 Å². The second-order valence-corrected chi connectivity index (χ2v) is 6.73. The maximum Gasteiger partial charge on any atom is 0.322 e. The second kappa shape index (κ2) is 14.7. The second-order valence-electron chi connectivity index (χ2n) is 6.73. The van der Waals surface area contributed by atoms with Crippen LogP contribution < -0.4 is 33.2 Å². The Morgan fingerprint density at radius 3 is 1.94 bits per heavy atom. The molecule has 4 amide bonds. The van der Waals surface area contributed by atoms with Crippen LogP contribution >= 0.6 is 0 Å². The summed E-state index contributed by atoms with van der Waals surface area (Å²) >= 11 is 0. The Morgan fingerprint density at radius 1 is 0.806 bits per heavy atom. The summed E-state index contributed by atoms with van der Waals surface area (Å²) in [4.78, 5) is 69.5. The van der Waals surface area contributed by atoms with E-state index in [1.807, 2.05) is 0 Å². The van der Waals surface area contributed by atoms with Crippen molar-refractivity contribution in [1.82, 2.24) is 16.0 Å². The molecule has 14 nitrogen and oxygen atoms in total. The monoisotopic (exact) mass is 446 g/mol. The largest absolute Gasteiger partial charge is 0.481 e. The SMILES string of the molecule is NCCCCC(NC(=O)C(CC(N)=O)NC(=O)C(N)CCC(=O)O)C(=O)NCC(=O)O. The number of carboxylic acids is 2. The van der Waals surface area contributed by atoms with Gasteiger partial charge in [0, 0.05) is 6.42 Å². The number of carboxylic acid groups (broad SMARTS) is 2. The number of carbonyl (C=O) groups excluding carboxylic acids is 4. The minimum Gasteiger partial charge on any atom is -0.481 e. The van der Waals surface area contributed by atoms with Gasteiger partial charge in [0.05, 0.1) is 12.5 Å². The first-order valence-corrected chi connectivity index (χ1v) is 9.53. The molecule has 0 fully saturated rings. The molecule has 0 aromatic heterocycles. The molecule has 0 spiro atoms. The molecule has 0 heterocycles. The Hall–Kier alpha value is -3.26. The Bertz CT molecular complexity index is 671. The molecule has 14 heteroatoms. The molecule has 31 heavy (non-hydrogen) atoms. The average Bonchev–Trinajstić information content (AvgIpc) is 2.68. The highest BCUT2D eigenvalue weighted by Gasteiger charge is 2.29. The molecule has 3 unspecified atom stereocenters. The zero-order chi connectivity index (χ0) is 24.0. The molecule has 3 atom stereocenters. The normalized spacial score (nSPS) is 13.4. The lowest BCUT2D eigenvalue weighted by atomic mass is 10.1. The maximum absolute atomic E-state index is 12.6.